The number of hydrazine groups is 1. The molecule has 14 heteroatoms. The van der Waals surface area contributed by atoms with Gasteiger partial charge in [-0.2, -0.15) is 0 Å². The molecule has 2 aliphatic heterocycles. The summed E-state index contributed by atoms with van der Waals surface area (Å²) in [5, 5.41) is -1.95. The van der Waals surface area contributed by atoms with Gasteiger partial charge in [-0.05, 0) is 32.1 Å². The second-order valence-corrected chi connectivity index (χ2v) is 11.7. The van der Waals surface area contributed by atoms with Gasteiger partial charge in [0.1, 0.15) is 17.5 Å². The van der Waals surface area contributed by atoms with Gasteiger partial charge in [0, 0.05) is 13.7 Å². The number of halogens is 3. The summed E-state index contributed by atoms with van der Waals surface area (Å²) in [6.45, 7) is -0.102. The average Bonchev–Trinajstić information content (AvgIpc) is 3.20. The van der Waals surface area contributed by atoms with E-state index in [9.17, 15) is 26.4 Å². The Balaban J connectivity index is 1.53. The molecule has 4 rings (SSSR count). The Kier molecular flexibility index (Phi) is 6.68. The van der Waals surface area contributed by atoms with E-state index in [-0.39, 0.29) is 18.5 Å². The monoisotopic (exact) mass is 487 g/mol. The molecular formula is C17H28F3N5O4S2. The number of nitrogens with zero attached hydrogens (tertiary/aromatic N) is 2. The number of carbonyl (C=O) groups is 1. The van der Waals surface area contributed by atoms with Crippen molar-refractivity contribution >= 4 is 27.8 Å². The zero-order valence-electron chi connectivity index (χ0n) is 17.1. The number of hydrogen-bond donors (Lipinski definition) is 3. The van der Waals surface area contributed by atoms with Crippen LogP contribution in [0, 0.1) is 0 Å². The first-order valence-corrected chi connectivity index (χ1v) is 12.8. The minimum absolute atomic E-state index is 0.162. The van der Waals surface area contributed by atoms with Crippen molar-refractivity contribution < 1.29 is 31.1 Å². The fourth-order valence-electron chi connectivity index (χ4n) is 4.61. The molecule has 5 unspecified atom stereocenters. The molecule has 4 aliphatic rings. The van der Waals surface area contributed by atoms with Crippen molar-refractivity contribution in [1.29, 1.82) is 0 Å². The zero-order chi connectivity index (χ0) is 22.4. The molecule has 0 bridgehead atoms. The Morgan fingerprint density at radius 2 is 2.03 bits per heavy atom. The normalized spacial score (nSPS) is 35.1. The molecule has 2 saturated heterocycles. The van der Waals surface area contributed by atoms with E-state index in [1.54, 1.807) is 4.90 Å². The number of thioether (sulfide) groups is 1. The van der Waals surface area contributed by atoms with E-state index < -0.39 is 50.8 Å². The first-order valence-electron chi connectivity index (χ1n) is 10.3. The van der Waals surface area contributed by atoms with Crippen LogP contribution >= 0.6 is 11.8 Å². The van der Waals surface area contributed by atoms with Crippen LogP contribution in [0.5, 0.6) is 0 Å². The number of rotatable bonds is 9. The first kappa shape index (κ1) is 23.4. The molecule has 31 heavy (non-hydrogen) atoms. The highest BCUT2D eigenvalue weighted by molar-refractivity contribution is 8.00. The van der Waals surface area contributed by atoms with E-state index in [4.69, 9.17) is 4.74 Å². The number of alkyl halides is 3. The predicted molar refractivity (Wildman–Crippen MR) is 108 cm³/mol. The summed E-state index contributed by atoms with van der Waals surface area (Å²) in [4.78, 5) is 16.3. The number of fused-ring (bicyclic) bond motifs is 1. The third-order valence-electron chi connectivity index (χ3n) is 6.51. The highest BCUT2D eigenvalue weighted by atomic mass is 32.2. The van der Waals surface area contributed by atoms with Gasteiger partial charge in [-0.15, -0.1) is 0 Å². The molecule has 2 heterocycles. The number of nitrogens with one attached hydrogen (secondary N) is 3. The fourth-order valence-corrected chi connectivity index (χ4v) is 7.58. The van der Waals surface area contributed by atoms with Crippen LogP contribution in [0.1, 0.15) is 32.1 Å². The number of carbonyl (C=O) groups excluding carboxylic acids is 1. The summed E-state index contributed by atoms with van der Waals surface area (Å²) >= 11 is 0.894. The maximum absolute atomic E-state index is 13.3. The number of methoxy groups -OCH3 is 1. The Hall–Kier alpha value is -0.800. The van der Waals surface area contributed by atoms with E-state index in [0.29, 0.717) is 38.8 Å². The topological polar surface area (TPSA) is 103 Å². The third kappa shape index (κ3) is 4.51. The lowest BCUT2D eigenvalue weighted by atomic mass is 9.90. The average molecular weight is 488 g/mol. The third-order valence-corrected chi connectivity index (χ3v) is 9.75. The Labute approximate surface area is 183 Å². The molecule has 0 spiro atoms. The van der Waals surface area contributed by atoms with Gasteiger partial charge in [0.2, 0.25) is 10.0 Å². The lowest BCUT2D eigenvalue weighted by Gasteiger charge is -2.37. The molecule has 178 valence electrons. The Morgan fingerprint density at radius 3 is 2.61 bits per heavy atom. The highest BCUT2D eigenvalue weighted by Crippen LogP contribution is 2.42. The fraction of sp³-hybridized carbons (Fsp3) is 0.941. The van der Waals surface area contributed by atoms with Crippen molar-refractivity contribution in [2.24, 2.45) is 0 Å². The first-order chi connectivity index (χ1) is 14.7. The van der Waals surface area contributed by atoms with Crippen LogP contribution in [0.15, 0.2) is 0 Å². The summed E-state index contributed by atoms with van der Waals surface area (Å²) < 4.78 is 73.0. The molecule has 0 radical (unpaired) electrons. The Bertz CT molecular complexity index is 788. The lowest BCUT2D eigenvalue weighted by Crippen LogP contribution is -2.54. The van der Waals surface area contributed by atoms with Gasteiger partial charge in [-0.3, -0.25) is 4.90 Å². The predicted octanol–water partition coefficient (Wildman–Crippen LogP) is 0.797. The van der Waals surface area contributed by atoms with E-state index in [1.165, 1.54) is 12.0 Å². The second kappa shape index (κ2) is 8.86. The SMILES string of the molecule is COCCN1C(=O)N(C2NNC(C(F)F)S2)C2CC(S(=O)(=O)NC3(CF)CC3)CCC21. The van der Waals surface area contributed by atoms with Crippen LogP contribution in [-0.2, 0) is 14.8 Å². The molecule has 2 saturated carbocycles. The van der Waals surface area contributed by atoms with Crippen LogP contribution in [0.4, 0.5) is 18.0 Å². The number of urea groups is 1. The van der Waals surface area contributed by atoms with Gasteiger partial charge in [0.25, 0.3) is 6.43 Å². The summed E-state index contributed by atoms with van der Waals surface area (Å²) in [6, 6.07) is -1.04. The van der Waals surface area contributed by atoms with Gasteiger partial charge >= 0.3 is 6.03 Å². The van der Waals surface area contributed by atoms with Crippen LogP contribution < -0.4 is 15.6 Å². The van der Waals surface area contributed by atoms with Crippen molar-refractivity contribution in [3.8, 4) is 0 Å². The van der Waals surface area contributed by atoms with E-state index in [0.717, 1.165) is 11.8 Å². The smallest absolute Gasteiger partial charge is 0.322 e. The summed E-state index contributed by atoms with van der Waals surface area (Å²) in [6.07, 6.45) is -0.726. The molecule has 2 aliphatic carbocycles. The van der Waals surface area contributed by atoms with Crippen molar-refractivity contribution in [3.63, 3.8) is 0 Å². The zero-order valence-corrected chi connectivity index (χ0v) is 18.7. The minimum Gasteiger partial charge on any atom is -0.383 e. The van der Waals surface area contributed by atoms with Crippen molar-refractivity contribution in [1.82, 2.24) is 25.4 Å². The molecule has 3 N–H and O–H groups in total. The highest BCUT2D eigenvalue weighted by Gasteiger charge is 2.55. The van der Waals surface area contributed by atoms with Crippen LogP contribution in [-0.4, -0.2) is 91.4 Å². The molecule has 2 amide bonds. The maximum atomic E-state index is 13.3. The van der Waals surface area contributed by atoms with Crippen LogP contribution in [0.2, 0.25) is 0 Å². The summed E-state index contributed by atoms with van der Waals surface area (Å²) in [5.74, 6) is 0. The largest absolute Gasteiger partial charge is 0.383 e. The molecule has 5 atom stereocenters. The molecule has 4 fully saturated rings. The molecule has 9 nitrogen and oxygen atoms in total. The van der Waals surface area contributed by atoms with Gasteiger partial charge in [0.15, 0.2) is 0 Å². The van der Waals surface area contributed by atoms with E-state index >= 15 is 0 Å². The summed E-state index contributed by atoms with van der Waals surface area (Å²) in [5.41, 5.74) is 3.51. The maximum Gasteiger partial charge on any atom is 0.322 e. The molecule has 0 aromatic rings. The molecule has 0 aromatic carbocycles. The summed E-state index contributed by atoms with van der Waals surface area (Å²) in [7, 11) is -2.26. The number of amides is 2. The van der Waals surface area contributed by atoms with Gasteiger partial charge < -0.3 is 9.64 Å². The standard InChI is InChI=1S/C17H28F3N5O4S2/c1-29-7-6-24-11-3-2-10(31(27,28)23-17(9-18)4-5-17)8-12(11)25(16(24)26)15-22-21-14(30-15)13(19)20/h10-15,21-23H,2-9H2,1H3. The quantitative estimate of drug-likeness (QED) is 0.442. The van der Waals surface area contributed by atoms with Crippen molar-refractivity contribution in [2.45, 2.75) is 72.3 Å². The Morgan fingerprint density at radius 1 is 1.29 bits per heavy atom. The lowest BCUT2D eigenvalue weighted by molar-refractivity contribution is 0.127. The van der Waals surface area contributed by atoms with Crippen molar-refractivity contribution in [2.75, 3.05) is 26.9 Å². The molecular weight excluding hydrogens is 459 g/mol. The van der Waals surface area contributed by atoms with Gasteiger partial charge in [-0.1, -0.05) is 11.8 Å². The number of ether oxygens (including phenoxy) is 1. The second-order valence-electron chi connectivity index (χ2n) is 8.54. The number of sulfonamides is 1. The van der Waals surface area contributed by atoms with Gasteiger partial charge in [-0.25, -0.2) is 42.0 Å². The van der Waals surface area contributed by atoms with Gasteiger partial charge in [0.05, 0.1) is 29.5 Å². The van der Waals surface area contributed by atoms with E-state index in [2.05, 4.69) is 15.6 Å². The van der Waals surface area contributed by atoms with Crippen LogP contribution in [0.25, 0.3) is 0 Å². The van der Waals surface area contributed by atoms with Crippen LogP contribution in [0.3, 0.4) is 0 Å². The number of hydrogen-bond acceptors (Lipinski definition) is 7. The van der Waals surface area contributed by atoms with Crippen molar-refractivity contribution in [3.05, 3.63) is 0 Å². The minimum atomic E-state index is -3.79. The van der Waals surface area contributed by atoms with E-state index in [1.807, 2.05) is 0 Å². The molecule has 0 aromatic heterocycles.